The molecule has 0 unspecified atom stereocenters. The Balaban J connectivity index is 2.63. The Morgan fingerprint density at radius 3 is 2.68 bits per heavy atom. The fourth-order valence-corrected chi connectivity index (χ4v) is 1.90. The van der Waals surface area contributed by atoms with Crippen molar-refractivity contribution >= 4 is 5.97 Å². The van der Waals surface area contributed by atoms with Crippen LogP contribution in [0, 0.1) is 11.3 Å². The van der Waals surface area contributed by atoms with Gasteiger partial charge in [0, 0.05) is 11.8 Å². The van der Waals surface area contributed by atoms with Crippen molar-refractivity contribution in [1.82, 2.24) is 4.68 Å². The average Bonchev–Trinajstić information content (AvgIpc) is 2.77. The number of nitrogen functional groups attached to an aromatic ring is 1. The smallest absolute Gasteiger partial charge is 0.340 e. The van der Waals surface area contributed by atoms with Gasteiger partial charge in [-0.15, -0.1) is 0 Å². The zero-order valence-electron chi connectivity index (χ0n) is 10.5. The highest BCUT2D eigenvalue weighted by molar-refractivity contribution is 5.99. The van der Waals surface area contributed by atoms with Crippen molar-refractivity contribution in [2.24, 2.45) is 0 Å². The lowest BCUT2D eigenvalue weighted by Gasteiger charge is -2.04. The molecular formula is C14H13N3O2. The highest BCUT2D eigenvalue weighted by Crippen LogP contribution is 2.28. The third-order valence-corrected chi connectivity index (χ3v) is 2.70. The summed E-state index contributed by atoms with van der Waals surface area (Å²) in [6.07, 6.45) is 1.42. The summed E-state index contributed by atoms with van der Waals surface area (Å²) in [5, 5.41) is 9.18. The van der Waals surface area contributed by atoms with Crippen molar-refractivity contribution in [3.05, 3.63) is 47.8 Å². The van der Waals surface area contributed by atoms with E-state index in [1.807, 2.05) is 36.4 Å². The highest BCUT2D eigenvalue weighted by atomic mass is 16.5. The molecule has 0 saturated heterocycles. The van der Waals surface area contributed by atoms with E-state index in [2.05, 4.69) is 0 Å². The van der Waals surface area contributed by atoms with Crippen LogP contribution in [0.4, 0.5) is 0 Å². The van der Waals surface area contributed by atoms with Crippen molar-refractivity contribution in [2.45, 2.75) is 6.92 Å². The molecule has 19 heavy (non-hydrogen) atoms. The van der Waals surface area contributed by atoms with Crippen LogP contribution in [0.3, 0.4) is 0 Å². The molecule has 0 aliphatic heterocycles. The lowest BCUT2D eigenvalue weighted by molar-refractivity contribution is 0.0527. The van der Waals surface area contributed by atoms with Gasteiger partial charge < -0.3 is 10.6 Å². The number of nitriles is 1. The van der Waals surface area contributed by atoms with E-state index < -0.39 is 5.97 Å². The summed E-state index contributed by atoms with van der Waals surface area (Å²) in [6, 6.07) is 11.2. The number of rotatable bonds is 3. The molecule has 1 aromatic heterocycles. The topological polar surface area (TPSA) is 81.0 Å². The van der Waals surface area contributed by atoms with E-state index in [1.54, 1.807) is 6.92 Å². The first kappa shape index (κ1) is 12.7. The number of ether oxygens (including phenoxy) is 1. The first-order valence-corrected chi connectivity index (χ1v) is 5.82. The van der Waals surface area contributed by atoms with Gasteiger partial charge in [-0.05, 0) is 12.5 Å². The molecule has 5 nitrogen and oxygen atoms in total. The standard InChI is InChI=1S/C14H13N3O2/c1-2-19-14(18)11-9-17(16)12(8-15)13(11)10-6-4-3-5-7-10/h3-7,9H,2,16H2,1H3. The van der Waals surface area contributed by atoms with E-state index >= 15 is 0 Å². The second-order valence-corrected chi connectivity index (χ2v) is 3.87. The van der Waals surface area contributed by atoms with E-state index in [4.69, 9.17) is 10.6 Å². The van der Waals surface area contributed by atoms with Crippen LogP contribution in [0.25, 0.3) is 11.1 Å². The van der Waals surface area contributed by atoms with Crippen molar-refractivity contribution < 1.29 is 9.53 Å². The first-order valence-electron chi connectivity index (χ1n) is 5.82. The molecule has 2 rings (SSSR count). The molecule has 0 fully saturated rings. The lowest BCUT2D eigenvalue weighted by Crippen LogP contribution is -2.09. The number of hydrogen-bond donors (Lipinski definition) is 1. The largest absolute Gasteiger partial charge is 0.462 e. The molecule has 96 valence electrons. The average molecular weight is 255 g/mol. The first-order chi connectivity index (χ1) is 9.19. The third-order valence-electron chi connectivity index (χ3n) is 2.70. The highest BCUT2D eigenvalue weighted by Gasteiger charge is 2.22. The zero-order chi connectivity index (χ0) is 13.8. The molecule has 0 aliphatic carbocycles. The van der Waals surface area contributed by atoms with E-state index in [0.717, 1.165) is 10.2 Å². The van der Waals surface area contributed by atoms with Gasteiger partial charge in [-0.3, -0.25) is 4.68 Å². The van der Waals surface area contributed by atoms with Gasteiger partial charge in [-0.2, -0.15) is 5.26 Å². The summed E-state index contributed by atoms with van der Waals surface area (Å²) < 4.78 is 6.13. The van der Waals surface area contributed by atoms with E-state index in [-0.39, 0.29) is 12.3 Å². The summed E-state index contributed by atoms with van der Waals surface area (Å²) in [5.41, 5.74) is 1.79. The molecule has 0 amide bonds. The number of nitrogens with zero attached hydrogens (tertiary/aromatic N) is 2. The predicted molar refractivity (Wildman–Crippen MR) is 70.7 cm³/mol. The molecule has 0 spiro atoms. The van der Waals surface area contributed by atoms with Crippen LogP contribution in [0.5, 0.6) is 0 Å². The van der Waals surface area contributed by atoms with E-state index in [1.165, 1.54) is 6.20 Å². The van der Waals surface area contributed by atoms with Gasteiger partial charge >= 0.3 is 5.97 Å². The molecule has 5 heteroatoms. The fraction of sp³-hybridized carbons (Fsp3) is 0.143. The Morgan fingerprint density at radius 1 is 1.42 bits per heavy atom. The van der Waals surface area contributed by atoms with Crippen LogP contribution in [0.15, 0.2) is 36.5 Å². The molecule has 1 aromatic carbocycles. The van der Waals surface area contributed by atoms with Gasteiger partial charge in [0.1, 0.15) is 11.8 Å². The Bertz CT molecular complexity index is 639. The van der Waals surface area contributed by atoms with Crippen LogP contribution in [-0.2, 0) is 4.74 Å². The Hall–Kier alpha value is -2.74. The maximum Gasteiger partial charge on any atom is 0.340 e. The maximum absolute atomic E-state index is 11.9. The van der Waals surface area contributed by atoms with Gasteiger partial charge in [0.25, 0.3) is 0 Å². The second-order valence-electron chi connectivity index (χ2n) is 3.87. The molecule has 0 atom stereocenters. The second kappa shape index (κ2) is 5.27. The quantitative estimate of drug-likeness (QED) is 0.671. The van der Waals surface area contributed by atoms with Crippen LogP contribution < -0.4 is 5.84 Å². The summed E-state index contributed by atoms with van der Waals surface area (Å²) in [7, 11) is 0. The van der Waals surface area contributed by atoms with Crippen LogP contribution in [0.1, 0.15) is 23.0 Å². The minimum absolute atomic E-state index is 0.231. The van der Waals surface area contributed by atoms with Crippen molar-refractivity contribution in [3.8, 4) is 17.2 Å². The number of esters is 1. The molecule has 1 heterocycles. The Morgan fingerprint density at radius 2 is 2.11 bits per heavy atom. The SMILES string of the molecule is CCOC(=O)c1cn(N)c(C#N)c1-c1ccccc1. The number of benzene rings is 1. The Labute approximate surface area is 110 Å². The molecule has 0 aliphatic rings. The summed E-state index contributed by atoms with van der Waals surface area (Å²) in [5.74, 6) is 5.23. The van der Waals surface area contributed by atoms with Crippen molar-refractivity contribution in [1.29, 1.82) is 5.26 Å². The minimum Gasteiger partial charge on any atom is -0.462 e. The molecule has 0 saturated carbocycles. The Kier molecular flexibility index (Phi) is 3.53. The van der Waals surface area contributed by atoms with Gasteiger partial charge in [0.05, 0.1) is 12.2 Å². The number of carbonyl (C=O) groups excluding carboxylic acids is 1. The van der Waals surface area contributed by atoms with Gasteiger partial charge in [-0.25, -0.2) is 4.79 Å². The maximum atomic E-state index is 11.9. The van der Waals surface area contributed by atoms with Crippen LogP contribution in [0.2, 0.25) is 0 Å². The van der Waals surface area contributed by atoms with Gasteiger partial charge in [0.15, 0.2) is 0 Å². The predicted octanol–water partition coefficient (Wildman–Crippen LogP) is 1.92. The summed E-state index contributed by atoms with van der Waals surface area (Å²) in [4.78, 5) is 11.9. The van der Waals surface area contributed by atoms with E-state index in [0.29, 0.717) is 11.1 Å². The number of nitrogens with two attached hydrogens (primary N) is 1. The number of carbonyl (C=O) groups is 1. The van der Waals surface area contributed by atoms with Crippen LogP contribution in [-0.4, -0.2) is 17.3 Å². The number of hydrogen-bond acceptors (Lipinski definition) is 4. The molecular weight excluding hydrogens is 242 g/mol. The van der Waals surface area contributed by atoms with Crippen molar-refractivity contribution in [2.75, 3.05) is 12.4 Å². The zero-order valence-corrected chi connectivity index (χ0v) is 10.5. The third kappa shape index (κ3) is 2.29. The lowest BCUT2D eigenvalue weighted by atomic mass is 10.0. The molecule has 2 N–H and O–H groups in total. The monoisotopic (exact) mass is 255 g/mol. The van der Waals surface area contributed by atoms with Gasteiger partial charge in [0.2, 0.25) is 0 Å². The molecule has 2 aromatic rings. The molecule has 0 bridgehead atoms. The normalized spacial score (nSPS) is 9.89. The van der Waals surface area contributed by atoms with Gasteiger partial charge in [-0.1, -0.05) is 30.3 Å². The number of aromatic nitrogens is 1. The molecule has 0 radical (unpaired) electrons. The summed E-state index contributed by atoms with van der Waals surface area (Å²) >= 11 is 0. The minimum atomic E-state index is -0.484. The van der Waals surface area contributed by atoms with E-state index in [9.17, 15) is 10.1 Å². The fourth-order valence-electron chi connectivity index (χ4n) is 1.90. The van der Waals surface area contributed by atoms with Crippen molar-refractivity contribution in [3.63, 3.8) is 0 Å². The summed E-state index contributed by atoms with van der Waals surface area (Å²) in [6.45, 7) is 2.00. The van der Waals surface area contributed by atoms with Crippen LogP contribution >= 0.6 is 0 Å².